The van der Waals surface area contributed by atoms with Gasteiger partial charge >= 0.3 is 0 Å². The van der Waals surface area contributed by atoms with Crippen LogP contribution in [0.4, 0.5) is 8.78 Å². The third-order valence-electron chi connectivity index (χ3n) is 4.78. The molecule has 2 aromatic rings. The number of nitrogens with one attached hydrogen (secondary N) is 1. The van der Waals surface area contributed by atoms with Crippen LogP contribution in [-0.4, -0.2) is 71.2 Å². The molecule has 1 saturated heterocycles. The quantitative estimate of drug-likeness (QED) is 0.810. The van der Waals surface area contributed by atoms with Crippen molar-refractivity contribution in [2.75, 3.05) is 33.4 Å². The van der Waals surface area contributed by atoms with Crippen LogP contribution < -0.4 is 0 Å². The number of rotatable bonds is 6. The molecule has 9 heteroatoms. The number of carbonyl (C=O) groups excluding carboxylic acids is 2. The fourth-order valence-corrected chi connectivity index (χ4v) is 3.08. The molecule has 0 unspecified atom stereocenters. The molecule has 150 valence electrons. The van der Waals surface area contributed by atoms with Crippen LogP contribution in [0.2, 0.25) is 0 Å². The summed E-state index contributed by atoms with van der Waals surface area (Å²) in [6, 6.07) is 2.58. The van der Waals surface area contributed by atoms with Gasteiger partial charge in [0.2, 0.25) is 5.91 Å². The Balaban J connectivity index is 1.62. The summed E-state index contributed by atoms with van der Waals surface area (Å²) in [7, 11) is 1.70. The van der Waals surface area contributed by atoms with Gasteiger partial charge in [0, 0.05) is 38.3 Å². The lowest BCUT2D eigenvalue weighted by molar-refractivity contribution is -0.132. The summed E-state index contributed by atoms with van der Waals surface area (Å²) in [4.78, 5) is 28.4. The molecular formula is C19H22F2N4O3. The van der Waals surface area contributed by atoms with Gasteiger partial charge in [-0.3, -0.25) is 14.7 Å². The van der Waals surface area contributed by atoms with Gasteiger partial charge in [-0.25, -0.2) is 8.78 Å². The number of aromatic nitrogens is 2. The predicted molar refractivity (Wildman–Crippen MR) is 96.5 cm³/mol. The summed E-state index contributed by atoms with van der Waals surface area (Å²) in [6.45, 7) is 1.35. The summed E-state index contributed by atoms with van der Waals surface area (Å²) in [5, 5.41) is 6.59. The van der Waals surface area contributed by atoms with E-state index in [1.165, 1.54) is 11.0 Å². The summed E-state index contributed by atoms with van der Waals surface area (Å²) in [5.41, 5.74) is 1.04. The number of halogens is 2. The minimum atomic E-state index is -1.08. The number of ether oxygens (including phenoxy) is 1. The Labute approximate surface area is 161 Å². The summed E-state index contributed by atoms with van der Waals surface area (Å²) in [6.07, 6.45) is 4.24. The molecule has 0 aliphatic carbocycles. The number of nitrogens with zero attached hydrogens (tertiary/aromatic N) is 3. The Hall–Kier alpha value is -2.81. The van der Waals surface area contributed by atoms with E-state index < -0.39 is 23.6 Å². The number of hydrogen-bond acceptors (Lipinski definition) is 4. The Bertz CT molecular complexity index is 829. The first-order valence-electron chi connectivity index (χ1n) is 9.01. The average molecular weight is 392 g/mol. The molecular weight excluding hydrogens is 370 g/mol. The first-order valence-corrected chi connectivity index (χ1v) is 9.01. The van der Waals surface area contributed by atoms with Crippen molar-refractivity contribution in [3.05, 3.63) is 53.4 Å². The molecule has 0 saturated carbocycles. The van der Waals surface area contributed by atoms with Gasteiger partial charge in [-0.1, -0.05) is 0 Å². The lowest BCUT2D eigenvalue weighted by Gasteiger charge is -2.36. The molecule has 2 amide bonds. The van der Waals surface area contributed by atoms with Crippen molar-refractivity contribution in [1.82, 2.24) is 20.0 Å². The second-order valence-electron chi connectivity index (χ2n) is 6.73. The van der Waals surface area contributed by atoms with E-state index in [0.29, 0.717) is 19.6 Å². The number of aromatic amines is 1. The first-order chi connectivity index (χ1) is 13.5. The van der Waals surface area contributed by atoms with Gasteiger partial charge in [0.05, 0.1) is 25.5 Å². The highest BCUT2D eigenvalue weighted by atomic mass is 19.2. The Kier molecular flexibility index (Phi) is 6.35. The zero-order valence-corrected chi connectivity index (χ0v) is 15.5. The van der Waals surface area contributed by atoms with Crippen molar-refractivity contribution < 1.29 is 23.1 Å². The molecule has 1 N–H and O–H groups in total. The normalized spacial score (nSPS) is 16.8. The first kappa shape index (κ1) is 19.9. The van der Waals surface area contributed by atoms with Crippen molar-refractivity contribution in [1.29, 1.82) is 0 Å². The number of hydrogen-bond donors (Lipinski definition) is 1. The Morgan fingerprint density at radius 3 is 2.89 bits per heavy atom. The van der Waals surface area contributed by atoms with E-state index in [1.54, 1.807) is 24.3 Å². The second kappa shape index (κ2) is 8.92. The largest absolute Gasteiger partial charge is 0.377 e. The number of benzene rings is 1. The topological polar surface area (TPSA) is 78.5 Å². The zero-order valence-electron chi connectivity index (χ0n) is 15.5. The maximum atomic E-state index is 13.5. The second-order valence-corrected chi connectivity index (χ2v) is 6.73. The number of morpholine rings is 1. The van der Waals surface area contributed by atoms with Gasteiger partial charge in [-0.15, -0.1) is 0 Å². The van der Waals surface area contributed by atoms with E-state index in [4.69, 9.17) is 4.74 Å². The number of likely N-dealkylation sites (N-methyl/N-ethyl adjacent to an activating group) is 1. The maximum Gasteiger partial charge on any atom is 0.254 e. The van der Waals surface area contributed by atoms with Crippen LogP contribution in [0.25, 0.3) is 0 Å². The minimum absolute atomic E-state index is 0.0477. The van der Waals surface area contributed by atoms with Gasteiger partial charge in [-0.2, -0.15) is 5.10 Å². The van der Waals surface area contributed by atoms with Crippen LogP contribution in [0.1, 0.15) is 22.3 Å². The smallest absolute Gasteiger partial charge is 0.254 e. The number of H-pyrrole nitrogens is 1. The molecule has 28 heavy (non-hydrogen) atoms. The van der Waals surface area contributed by atoms with Crippen LogP contribution in [0.3, 0.4) is 0 Å². The van der Waals surface area contributed by atoms with E-state index in [2.05, 4.69) is 10.2 Å². The van der Waals surface area contributed by atoms with Gasteiger partial charge in [-0.05, 0) is 30.2 Å². The molecule has 1 atom stereocenters. The third-order valence-corrected chi connectivity index (χ3v) is 4.78. The van der Waals surface area contributed by atoms with Gasteiger partial charge in [0.1, 0.15) is 0 Å². The maximum absolute atomic E-state index is 13.5. The standard InChI is InChI=1S/C19H22F2N4O3/c1-24(5-4-13-10-22-23-11-13)18(26)9-15-12-28-7-6-25(15)19(27)14-2-3-16(20)17(21)8-14/h2-3,8,10-11,15H,4-7,9,12H2,1H3,(H,22,23)/t15-/m1/s1. The molecule has 1 fully saturated rings. The van der Waals surface area contributed by atoms with Crippen LogP contribution in [0.15, 0.2) is 30.6 Å². The molecule has 0 radical (unpaired) electrons. The van der Waals surface area contributed by atoms with Gasteiger partial charge in [0.15, 0.2) is 11.6 Å². The van der Waals surface area contributed by atoms with Crippen LogP contribution in [-0.2, 0) is 16.0 Å². The predicted octanol–water partition coefficient (Wildman–Crippen LogP) is 1.62. The van der Waals surface area contributed by atoms with Crippen LogP contribution in [0, 0.1) is 11.6 Å². The van der Waals surface area contributed by atoms with Crippen molar-refractivity contribution >= 4 is 11.8 Å². The molecule has 7 nitrogen and oxygen atoms in total. The van der Waals surface area contributed by atoms with Crippen molar-refractivity contribution in [2.24, 2.45) is 0 Å². The Morgan fingerprint density at radius 2 is 2.18 bits per heavy atom. The van der Waals surface area contributed by atoms with Crippen molar-refractivity contribution in [2.45, 2.75) is 18.9 Å². The highest BCUT2D eigenvalue weighted by Crippen LogP contribution is 2.18. The van der Waals surface area contributed by atoms with E-state index in [-0.39, 0.29) is 31.0 Å². The zero-order chi connectivity index (χ0) is 20.1. The minimum Gasteiger partial charge on any atom is -0.377 e. The summed E-state index contributed by atoms with van der Waals surface area (Å²) in [5.74, 6) is -2.65. The van der Waals surface area contributed by atoms with Gasteiger partial charge < -0.3 is 14.5 Å². The molecule has 2 heterocycles. The van der Waals surface area contributed by atoms with Crippen LogP contribution in [0.5, 0.6) is 0 Å². The lowest BCUT2D eigenvalue weighted by Crippen LogP contribution is -2.50. The molecule has 1 aromatic heterocycles. The van der Waals surface area contributed by atoms with Crippen molar-refractivity contribution in [3.63, 3.8) is 0 Å². The molecule has 1 aliphatic heterocycles. The van der Waals surface area contributed by atoms with Crippen LogP contribution >= 0.6 is 0 Å². The Morgan fingerprint density at radius 1 is 1.36 bits per heavy atom. The van der Waals surface area contributed by atoms with E-state index in [9.17, 15) is 18.4 Å². The van der Waals surface area contributed by atoms with Gasteiger partial charge in [0.25, 0.3) is 5.91 Å². The molecule has 1 aromatic carbocycles. The molecule has 3 rings (SSSR count). The molecule has 0 spiro atoms. The lowest BCUT2D eigenvalue weighted by atomic mass is 10.1. The van der Waals surface area contributed by atoms with E-state index in [1.807, 2.05) is 0 Å². The average Bonchev–Trinajstić information content (AvgIpc) is 3.21. The van der Waals surface area contributed by atoms with E-state index in [0.717, 1.165) is 17.7 Å². The monoisotopic (exact) mass is 392 g/mol. The SMILES string of the molecule is CN(CCc1cn[nH]c1)C(=O)C[C@@H]1COCCN1C(=O)c1ccc(F)c(F)c1. The highest BCUT2D eigenvalue weighted by molar-refractivity contribution is 5.94. The fraction of sp³-hybridized carbons (Fsp3) is 0.421. The molecule has 1 aliphatic rings. The molecule has 0 bridgehead atoms. The summed E-state index contributed by atoms with van der Waals surface area (Å²) < 4.78 is 32.1. The third kappa shape index (κ3) is 4.72. The van der Waals surface area contributed by atoms with Crippen molar-refractivity contribution in [3.8, 4) is 0 Å². The fourth-order valence-electron chi connectivity index (χ4n) is 3.08. The number of amides is 2. The number of carbonyl (C=O) groups is 2. The summed E-state index contributed by atoms with van der Waals surface area (Å²) >= 11 is 0. The van der Waals surface area contributed by atoms with E-state index >= 15 is 0 Å². The highest BCUT2D eigenvalue weighted by Gasteiger charge is 2.31.